The van der Waals surface area contributed by atoms with Crippen molar-refractivity contribution in [1.29, 1.82) is 0 Å². The molecule has 4 aromatic rings. The Hall–Kier alpha value is -3.34. The molecule has 0 aliphatic rings. The monoisotopic (exact) mass is 318 g/mol. The summed E-state index contributed by atoms with van der Waals surface area (Å²) in [7, 11) is 0. The van der Waals surface area contributed by atoms with Gasteiger partial charge in [0.2, 0.25) is 11.7 Å². The highest BCUT2D eigenvalue weighted by atomic mass is 19.1. The van der Waals surface area contributed by atoms with E-state index in [2.05, 4.69) is 9.97 Å². The van der Waals surface area contributed by atoms with Crippen molar-refractivity contribution >= 4 is 17.0 Å². The van der Waals surface area contributed by atoms with E-state index in [0.717, 1.165) is 0 Å². The van der Waals surface area contributed by atoms with E-state index >= 15 is 0 Å². The number of oxazole rings is 1. The summed E-state index contributed by atoms with van der Waals surface area (Å²) >= 11 is 0. The first-order valence-corrected chi connectivity index (χ1v) is 7.34. The van der Waals surface area contributed by atoms with Gasteiger partial charge in [-0.3, -0.25) is 4.79 Å². The maximum atomic E-state index is 13.9. The third-order valence-corrected chi connectivity index (χ3v) is 3.63. The van der Waals surface area contributed by atoms with E-state index in [-0.39, 0.29) is 28.6 Å². The number of nitrogens with zero attached hydrogens (tertiary/aromatic N) is 2. The van der Waals surface area contributed by atoms with Crippen LogP contribution in [0, 0.1) is 5.82 Å². The second kappa shape index (κ2) is 5.70. The van der Waals surface area contributed by atoms with Crippen LogP contribution in [0.1, 0.15) is 16.1 Å². The van der Waals surface area contributed by atoms with Gasteiger partial charge in [0.15, 0.2) is 11.2 Å². The summed E-state index contributed by atoms with van der Waals surface area (Å²) in [5, 5.41) is 0. The van der Waals surface area contributed by atoms with E-state index in [4.69, 9.17) is 4.42 Å². The number of carbonyl (C=O) groups is 1. The lowest BCUT2D eigenvalue weighted by molar-refractivity contribution is 0.103. The topological polar surface area (TPSA) is 56.0 Å². The number of carbonyl (C=O) groups excluding carboxylic acids is 1. The Balaban J connectivity index is 1.77. The fourth-order valence-corrected chi connectivity index (χ4v) is 2.43. The molecule has 2 aromatic carbocycles. The van der Waals surface area contributed by atoms with Crippen molar-refractivity contribution in [2.75, 3.05) is 0 Å². The molecule has 0 radical (unpaired) electrons. The lowest BCUT2D eigenvalue weighted by Crippen LogP contribution is -2.03. The zero-order valence-electron chi connectivity index (χ0n) is 12.4. The first-order valence-electron chi connectivity index (χ1n) is 7.34. The average molecular weight is 318 g/mol. The Bertz CT molecular complexity index is 1040. The van der Waals surface area contributed by atoms with Crippen LogP contribution in [-0.2, 0) is 0 Å². The number of rotatable bonds is 3. The molecule has 4 nitrogen and oxygen atoms in total. The van der Waals surface area contributed by atoms with Gasteiger partial charge in [0.25, 0.3) is 0 Å². The molecule has 0 amide bonds. The first kappa shape index (κ1) is 14.3. The van der Waals surface area contributed by atoms with Crippen LogP contribution in [-0.4, -0.2) is 15.8 Å². The molecule has 0 spiro atoms. The molecular weight excluding hydrogens is 307 g/mol. The van der Waals surface area contributed by atoms with Crippen molar-refractivity contribution in [3.63, 3.8) is 0 Å². The Kier molecular flexibility index (Phi) is 3.39. The summed E-state index contributed by atoms with van der Waals surface area (Å²) in [6.45, 7) is 0. The smallest absolute Gasteiger partial charge is 0.231 e. The van der Waals surface area contributed by atoms with Gasteiger partial charge in [0.1, 0.15) is 11.5 Å². The number of aromatic nitrogens is 2. The predicted molar refractivity (Wildman–Crippen MR) is 87.1 cm³/mol. The normalized spacial score (nSPS) is 10.9. The Labute approximate surface area is 136 Å². The highest BCUT2D eigenvalue weighted by Crippen LogP contribution is 2.25. The number of halogens is 1. The van der Waals surface area contributed by atoms with Gasteiger partial charge in [-0.05, 0) is 24.3 Å². The molecule has 0 bridgehead atoms. The number of hydrogen-bond acceptors (Lipinski definition) is 4. The summed E-state index contributed by atoms with van der Waals surface area (Å²) in [6.07, 6.45) is 0. The van der Waals surface area contributed by atoms with Gasteiger partial charge < -0.3 is 4.42 Å². The van der Waals surface area contributed by atoms with Gasteiger partial charge in [-0.1, -0.05) is 42.5 Å². The molecule has 5 heteroatoms. The van der Waals surface area contributed by atoms with Crippen molar-refractivity contribution in [1.82, 2.24) is 9.97 Å². The molecule has 0 saturated carbocycles. The Morgan fingerprint density at radius 3 is 2.42 bits per heavy atom. The summed E-state index contributed by atoms with van der Waals surface area (Å²) in [5.41, 5.74) is 1.74. The first-order chi connectivity index (χ1) is 11.7. The van der Waals surface area contributed by atoms with Crippen molar-refractivity contribution < 1.29 is 13.6 Å². The molecule has 0 fully saturated rings. The van der Waals surface area contributed by atoms with E-state index in [0.29, 0.717) is 11.1 Å². The maximum absolute atomic E-state index is 13.9. The van der Waals surface area contributed by atoms with Crippen molar-refractivity contribution in [2.24, 2.45) is 0 Å². The van der Waals surface area contributed by atoms with Gasteiger partial charge in [-0.2, -0.15) is 4.98 Å². The fraction of sp³-hybridized carbons (Fsp3) is 0. The second-order valence-corrected chi connectivity index (χ2v) is 5.21. The molecule has 0 saturated heterocycles. The van der Waals surface area contributed by atoms with Crippen molar-refractivity contribution in [3.8, 4) is 11.5 Å². The van der Waals surface area contributed by atoms with Gasteiger partial charge in [0, 0.05) is 5.56 Å². The van der Waals surface area contributed by atoms with E-state index in [1.54, 1.807) is 54.6 Å². The predicted octanol–water partition coefficient (Wildman–Crippen LogP) is 4.26. The highest BCUT2D eigenvalue weighted by Gasteiger charge is 2.16. The molecule has 116 valence electrons. The van der Waals surface area contributed by atoms with E-state index in [1.807, 2.05) is 6.07 Å². The Morgan fingerprint density at radius 2 is 1.62 bits per heavy atom. The summed E-state index contributed by atoms with van der Waals surface area (Å²) in [6, 6.07) is 18.3. The van der Waals surface area contributed by atoms with Gasteiger partial charge >= 0.3 is 0 Å². The molecule has 0 atom stereocenters. The highest BCUT2D eigenvalue weighted by molar-refractivity contribution is 6.08. The quantitative estimate of drug-likeness (QED) is 0.530. The van der Waals surface area contributed by atoms with E-state index < -0.39 is 5.82 Å². The molecule has 0 N–H and O–H groups in total. The fourth-order valence-electron chi connectivity index (χ4n) is 2.43. The number of benzene rings is 2. The largest absolute Gasteiger partial charge is 0.434 e. The van der Waals surface area contributed by atoms with Crippen LogP contribution in [0.4, 0.5) is 4.39 Å². The van der Waals surface area contributed by atoms with Crippen LogP contribution in [0.3, 0.4) is 0 Å². The SMILES string of the molecule is O=C(c1ccccc1)c1ccc2oc(-c3ccccc3F)nc2n1. The maximum Gasteiger partial charge on any atom is 0.231 e. The zero-order chi connectivity index (χ0) is 16.5. The molecule has 0 aliphatic heterocycles. The molecular formula is C19H11FN2O2. The van der Waals surface area contributed by atoms with Crippen LogP contribution in [0.15, 0.2) is 71.1 Å². The van der Waals surface area contributed by atoms with Gasteiger partial charge in [0.05, 0.1) is 5.56 Å². The minimum Gasteiger partial charge on any atom is -0.434 e. The summed E-state index contributed by atoms with van der Waals surface area (Å²) < 4.78 is 19.4. The standard InChI is InChI=1S/C19H11FN2O2/c20-14-9-5-4-8-13(14)19-22-18-16(24-19)11-10-15(21-18)17(23)12-6-2-1-3-7-12/h1-11H. The third-order valence-electron chi connectivity index (χ3n) is 3.63. The minimum atomic E-state index is -0.426. The van der Waals surface area contributed by atoms with Crippen molar-refractivity contribution in [2.45, 2.75) is 0 Å². The van der Waals surface area contributed by atoms with Crippen LogP contribution in [0.5, 0.6) is 0 Å². The Morgan fingerprint density at radius 1 is 0.875 bits per heavy atom. The van der Waals surface area contributed by atoms with Gasteiger partial charge in [-0.25, -0.2) is 9.37 Å². The number of hydrogen-bond donors (Lipinski definition) is 0. The molecule has 0 unspecified atom stereocenters. The molecule has 0 aliphatic carbocycles. The van der Waals surface area contributed by atoms with Crippen LogP contribution in [0.25, 0.3) is 22.7 Å². The van der Waals surface area contributed by atoms with E-state index in [9.17, 15) is 9.18 Å². The number of fused-ring (bicyclic) bond motifs is 1. The van der Waals surface area contributed by atoms with Crippen LogP contribution >= 0.6 is 0 Å². The summed E-state index contributed by atoms with van der Waals surface area (Å²) in [4.78, 5) is 20.9. The van der Waals surface area contributed by atoms with E-state index in [1.165, 1.54) is 6.07 Å². The molecule has 24 heavy (non-hydrogen) atoms. The minimum absolute atomic E-state index is 0.139. The molecule has 2 heterocycles. The summed E-state index contributed by atoms with van der Waals surface area (Å²) in [5.74, 6) is -0.488. The number of ketones is 1. The van der Waals surface area contributed by atoms with Crippen molar-refractivity contribution in [3.05, 3.63) is 83.8 Å². The number of pyridine rings is 1. The second-order valence-electron chi connectivity index (χ2n) is 5.21. The third kappa shape index (κ3) is 2.46. The van der Waals surface area contributed by atoms with Gasteiger partial charge in [-0.15, -0.1) is 0 Å². The average Bonchev–Trinajstić information content (AvgIpc) is 3.05. The zero-order valence-corrected chi connectivity index (χ0v) is 12.4. The molecule has 2 aromatic heterocycles. The van der Waals surface area contributed by atoms with Crippen LogP contribution in [0.2, 0.25) is 0 Å². The lowest BCUT2D eigenvalue weighted by atomic mass is 10.1. The van der Waals surface area contributed by atoms with Crippen LogP contribution < -0.4 is 0 Å². The molecule has 4 rings (SSSR count). The lowest BCUT2D eigenvalue weighted by Gasteiger charge is -1.99.